The van der Waals surface area contributed by atoms with Crippen LogP contribution in [0.4, 0.5) is 11.4 Å². The van der Waals surface area contributed by atoms with Crippen molar-refractivity contribution in [3.63, 3.8) is 0 Å². The minimum atomic E-state index is -0.400. The third-order valence-corrected chi connectivity index (χ3v) is 4.93. The van der Waals surface area contributed by atoms with E-state index in [0.29, 0.717) is 33.1 Å². The number of nitrogens with zero attached hydrogens (tertiary/aromatic N) is 1. The summed E-state index contributed by atoms with van der Waals surface area (Å²) < 4.78 is 5.48. The first-order valence-electron chi connectivity index (χ1n) is 8.50. The Labute approximate surface area is 178 Å². The van der Waals surface area contributed by atoms with Crippen molar-refractivity contribution in [2.45, 2.75) is 19.2 Å². The molecular formula is C21H17Cl3N2O2. The number of halogens is 3. The fraction of sp³-hybridized carbons (Fsp3) is 0.143. The van der Waals surface area contributed by atoms with Crippen LogP contribution in [0.5, 0.6) is 5.75 Å². The predicted octanol–water partition coefficient (Wildman–Crippen LogP) is 6.33. The van der Waals surface area contributed by atoms with Gasteiger partial charge >= 0.3 is 5.97 Å². The second-order valence-corrected chi connectivity index (χ2v) is 7.13. The molecule has 1 aromatic heterocycles. The second-order valence-electron chi connectivity index (χ2n) is 6.05. The number of carbonyl (C=O) groups excluding carboxylic acids is 1. The molecule has 0 spiro atoms. The van der Waals surface area contributed by atoms with E-state index in [-0.39, 0.29) is 6.42 Å². The van der Waals surface area contributed by atoms with Crippen LogP contribution in [0.15, 0.2) is 54.6 Å². The minimum absolute atomic E-state index is 0.0714. The van der Waals surface area contributed by atoms with Crippen molar-refractivity contribution in [2.24, 2.45) is 0 Å². The monoisotopic (exact) mass is 434 g/mol. The van der Waals surface area contributed by atoms with E-state index < -0.39 is 5.97 Å². The van der Waals surface area contributed by atoms with Crippen molar-refractivity contribution in [1.29, 1.82) is 0 Å². The van der Waals surface area contributed by atoms with Gasteiger partial charge in [-0.25, -0.2) is 0 Å². The SMILES string of the molecule is Cc1nc(CCl)ccc1OC(=O)Cc1ccccc1Nc1c(Cl)cccc1Cl. The Morgan fingerprint density at radius 1 is 1.04 bits per heavy atom. The van der Waals surface area contributed by atoms with E-state index in [4.69, 9.17) is 39.5 Å². The molecular weight excluding hydrogens is 419 g/mol. The third-order valence-electron chi connectivity index (χ3n) is 4.03. The van der Waals surface area contributed by atoms with Crippen LogP contribution in [0.3, 0.4) is 0 Å². The van der Waals surface area contributed by atoms with Crippen LogP contribution >= 0.6 is 34.8 Å². The molecule has 2 aromatic carbocycles. The van der Waals surface area contributed by atoms with Crippen LogP contribution in [0, 0.1) is 6.92 Å². The number of aromatic nitrogens is 1. The van der Waals surface area contributed by atoms with Crippen LogP contribution in [0.25, 0.3) is 0 Å². The first-order valence-corrected chi connectivity index (χ1v) is 9.79. The van der Waals surface area contributed by atoms with Gasteiger partial charge in [-0.15, -0.1) is 11.6 Å². The molecule has 28 heavy (non-hydrogen) atoms. The van der Waals surface area contributed by atoms with Gasteiger partial charge in [0.1, 0.15) is 0 Å². The van der Waals surface area contributed by atoms with Crippen molar-refractivity contribution >= 4 is 52.1 Å². The van der Waals surface area contributed by atoms with Gasteiger partial charge in [0.05, 0.1) is 39.4 Å². The molecule has 0 radical (unpaired) electrons. The number of para-hydroxylation sites is 2. The van der Waals surface area contributed by atoms with Crippen molar-refractivity contribution in [3.8, 4) is 5.75 Å². The van der Waals surface area contributed by atoms with Crippen molar-refractivity contribution < 1.29 is 9.53 Å². The maximum absolute atomic E-state index is 12.5. The molecule has 0 unspecified atom stereocenters. The molecule has 0 saturated heterocycles. The summed E-state index contributed by atoms with van der Waals surface area (Å²) in [7, 11) is 0. The zero-order valence-electron chi connectivity index (χ0n) is 15.0. The molecule has 1 N–H and O–H groups in total. The van der Waals surface area contributed by atoms with Crippen LogP contribution in [0.2, 0.25) is 10.0 Å². The lowest BCUT2D eigenvalue weighted by Gasteiger charge is -2.14. The Morgan fingerprint density at radius 3 is 2.43 bits per heavy atom. The highest BCUT2D eigenvalue weighted by atomic mass is 35.5. The number of nitrogens with one attached hydrogen (secondary N) is 1. The average molecular weight is 436 g/mol. The lowest BCUT2D eigenvalue weighted by atomic mass is 10.1. The molecule has 1 heterocycles. The molecule has 0 bridgehead atoms. The van der Waals surface area contributed by atoms with Gasteiger partial charge in [-0.3, -0.25) is 9.78 Å². The van der Waals surface area contributed by atoms with E-state index in [1.807, 2.05) is 24.3 Å². The van der Waals surface area contributed by atoms with Crippen LogP contribution in [0.1, 0.15) is 17.0 Å². The second kappa shape index (κ2) is 9.28. The van der Waals surface area contributed by atoms with Gasteiger partial charge in [0, 0.05) is 5.69 Å². The van der Waals surface area contributed by atoms with E-state index in [0.717, 1.165) is 16.9 Å². The number of hydrogen-bond acceptors (Lipinski definition) is 4. The lowest BCUT2D eigenvalue weighted by molar-refractivity contribution is -0.133. The van der Waals surface area contributed by atoms with Crippen LogP contribution in [-0.2, 0) is 17.1 Å². The molecule has 7 heteroatoms. The van der Waals surface area contributed by atoms with E-state index in [9.17, 15) is 4.79 Å². The predicted molar refractivity (Wildman–Crippen MR) is 114 cm³/mol. The Hall–Kier alpha value is -2.27. The van der Waals surface area contributed by atoms with Crippen molar-refractivity contribution in [1.82, 2.24) is 4.98 Å². The quantitative estimate of drug-likeness (QED) is 0.363. The summed E-state index contributed by atoms with van der Waals surface area (Å²) in [6.45, 7) is 1.77. The highest BCUT2D eigenvalue weighted by Crippen LogP contribution is 2.33. The number of anilines is 2. The summed E-state index contributed by atoms with van der Waals surface area (Å²) in [5, 5.41) is 4.19. The Bertz CT molecular complexity index is 988. The van der Waals surface area contributed by atoms with Crippen molar-refractivity contribution in [3.05, 3.63) is 81.6 Å². The zero-order valence-corrected chi connectivity index (χ0v) is 17.3. The number of esters is 1. The summed E-state index contributed by atoms with van der Waals surface area (Å²) in [6, 6.07) is 16.1. The molecule has 4 nitrogen and oxygen atoms in total. The molecule has 0 aliphatic carbocycles. The van der Waals surface area contributed by atoms with Gasteiger partial charge in [-0.2, -0.15) is 0 Å². The minimum Gasteiger partial charge on any atom is -0.424 e. The average Bonchev–Trinajstić information content (AvgIpc) is 2.67. The van der Waals surface area contributed by atoms with E-state index in [1.165, 1.54) is 0 Å². The number of benzene rings is 2. The number of pyridine rings is 1. The molecule has 0 amide bonds. The van der Waals surface area contributed by atoms with E-state index >= 15 is 0 Å². The Kier molecular flexibility index (Phi) is 6.79. The number of carbonyl (C=O) groups is 1. The molecule has 3 aromatic rings. The van der Waals surface area contributed by atoms with Gasteiger partial charge in [0.2, 0.25) is 0 Å². The largest absolute Gasteiger partial charge is 0.424 e. The summed E-state index contributed by atoms with van der Waals surface area (Å²) in [4.78, 5) is 16.8. The maximum atomic E-state index is 12.5. The van der Waals surface area contributed by atoms with E-state index in [1.54, 1.807) is 37.3 Å². The number of aryl methyl sites for hydroxylation is 1. The van der Waals surface area contributed by atoms with Gasteiger partial charge in [-0.05, 0) is 42.8 Å². The number of rotatable bonds is 6. The fourth-order valence-corrected chi connectivity index (χ4v) is 3.29. The first kappa shape index (κ1) is 20.5. The Balaban J connectivity index is 1.77. The highest BCUT2D eigenvalue weighted by molar-refractivity contribution is 6.39. The molecule has 0 aliphatic heterocycles. The van der Waals surface area contributed by atoms with E-state index in [2.05, 4.69) is 10.3 Å². The molecule has 0 aliphatic rings. The first-order chi connectivity index (χ1) is 13.5. The van der Waals surface area contributed by atoms with Gasteiger partial charge in [0.15, 0.2) is 5.75 Å². The maximum Gasteiger partial charge on any atom is 0.315 e. The number of alkyl halides is 1. The Morgan fingerprint density at radius 2 is 1.75 bits per heavy atom. The highest BCUT2D eigenvalue weighted by Gasteiger charge is 2.14. The standard InChI is InChI=1S/C21H17Cl3N2O2/c1-13-19(10-9-15(12-22)25-13)28-20(27)11-14-5-2-3-8-18(14)26-21-16(23)6-4-7-17(21)24/h2-10,26H,11-12H2,1H3. The third kappa shape index (κ3) is 4.96. The summed E-state index contributed by atoms with van der Waals surface area (Å²) in [5.74, 6) is 0.320. The van der Waals surface area contributed by atoms with Crippen LogP contribution < -0.4 is 10.1 Å². The fourth-order valence-electron chi connectivity index (χ4n) is 2.65. The van der Waals surface area contributed by atoms with Gasteiger partial charge in [-0.1, -0.05) is 47.5 Å². The topological polar surface area (TPSA) is 51.2 Å². The molecule has 0 saturated carbocycles. The summed E-state index contributed by atoms with van der Waals surface area (Å²) in [5.41, 5.74) is 3.41. The normalized spacial score (nSPS) is 10.6. The lowest BCUT2D eigenvalue weighted by Crippen LogP contribution is -2.13. The zero-order chi connectivity index (χ0) is 20.1. The molecule has 0 atom stereocenters. The van der Waals surface area contributed by atoms with Crippen molar-refractivity contribution in [2.75, 3.05) is 5.32 Å². The summed E-state index contributed by atoms with van der Waals surface area (Å²) in [6.07, 6.45) is 0.0714. The smallest absolute Gasteiger partial charge is 0.315 e. The van der Waals surface area contributed by atoms with Crippen LogP contribution in [-0.4, -0.2) is 11.0 Å². The molecule has 0 fully saturated rings. The number of ether oxygens (including phenoxy) is 1. The van der Waals surface area contributed by atoms with Gasteiger partial charge < -0.3 is 10.1 Å². The molecule has 144 valence electrons. The number of hydrogen-bond donors (Lipinski definition) is 1. The van der Waals surface area contributed by atoms with Gasteiger partial charge in [0.25, 0.3) is 0 Å². The summed E-state index contributed by atoms with van der Waals surface area (Å²) >= 11 is 18.2. The molecule has 3 rings (SSSR count).